The molecule has 0 radical (unpaired) electrons. The van der Waals surface area contributed by atoms with Crippen LogP contribution < -0.4 is 29.6 Å². The van der Waals surface area contributed by atoms with Gasteiger partial charge in [-0.15, -0.1) is 0 Å². The molecule has 1 aliphatic heterocycles. The molecule has 0 aromatic carbocycles. The third-order valence-electron chi connectivity index (χ3n) is 13.2. The molecule has 1 fully saturated rings. The predicted molar refractivity (Wildman–Crippen MR) is 303 cm³/mol. The minimum Gasteiger partial charge on any atom is -0.870 e. The van der Waals surface area contributed by atoms with Gasteiger partial charge in [-0.25, -0.2) is 14.4 Å². The van der Waals surface area contributed by atoms with Crippen LogP contribution in [0.2, 0.25) is 0 Å². The van der Waals surface area contributed by atoms with Crippen LogP contribution in [0.4, 0.5) is 0 Å². The molecule has 7 heterocycles. The van der Waals surface area contributed by atoms with Crippen molar-refractivity contribution in [3.63, 3.8) is 0 Å². The molecular formula is C58H83N12NaO11. The number of carbonyl (C=O) groups excluding carboxylic acids is 3. The van der Waals surface area contributed by atoms with Gasteiger partial charge >= 0.3 is 47.5 Å². The summed E-state index contributed by atoms with van der Waals surface area (Å²) in [6.45, 7) is 27.0. The van der Waals surface area contributed by atoms with Crippen molar-refractivity contribution < 1.29 is 83.9 Å². The Balaban J connectivity index is 0.000000397. The molecule has 7 rings (SSSR count). The standard InChI is InChI=1S/C19H24N4O2.C18H26N4O3.C17H24N4O4.C4H8O.Na.H2O/c1-6-22-19(16(5)25)17(14(3)21-22)10-8-7-9-11-23-18(15(4)24)12-13(2)20-23;1-5-21-17(18(24)25)15(13(3)20-21)9-7-6-8-10-22-16(14(4)23)11-12(2)19-22;1-4-20-15(17(24)25)13(12(3)19-20)8-6-5-7-9-21-14(16(22)23)10-11(2)18-21;1-2-4-5-3-1;;/h12H,6-7,9,11H2,1-5H3;11H,5-10H2,1-4H3,(H,24,25);10H,4-9H2,1-3H3,(H,22,23)(H,24,25);1-4H2;;1H2/q;;;;+1;/p-1. The van der Waals surface area contributed by atoms with Crippen LogP contribution in [0.1, 0.15) is 220 Å². The van der Waals surface area contributed by atoms with Gasteiger partial charge in [-0.05, 0) is 138 Å². The van der Waals surface area contributed by atoms with E-state index >= 15 is 0 Å². The van der Waals surface area contributed by atoms with Crippen LogP contribution in [-0.2, 0) is 56.8 Å². The van der Waals surface area contributed by atoms with Crippen LogP contribution in [0.15, 0.2) is 18.2 Å². The predicted octanol–water partition coefficient (Wildman–Crippen LogP) is 6.13. The molecule has 23 nitrogen and oxygen atoms in total. The average molecular weight is 1150 g/mol. The third kappa shape index (κ3) is 20.5. The minimum atomic E-state index is -0.977. The van der Waals surface area contributed by atoms with Gasteiger partial charge in [0.25, 0.3) is 0 Å². The van der Waals surface area contributed by atoms with Gasteiger partial charge in [0.1, 0.15) is 34.2 Å². The molecule has 0 saturated carbocycles. The van der Waals surface area contributed by atoms with Crippen molar-refractivity contribution in [2.75, 3.05) is 13.2 Å². The molecule has 0 aliphatic carbocycles. The molecule has 1 aliphatic rings. The van der Waals surface area contributed by atoms with Crippen LogP contribution in [-0.4, -0.2) is 128 Å². The Morgan fingerprint density at radius 3 is 1.22 bits per heavy atom. The van der Waals surface area contributed by atoms with Gasteiger partial charge in [0.05, 0.1) is 39.7 Å². The molecule has 24 heteroatoms. The zero-order valence-electron chi connectivity index (χ0n) is 50.4. The van der Waals surface area contributed by atoms with Gasteiger partial charge < -0.3 is 25.5 Å². The quantitative estimate of drug-likeness (QED) is 0.0265. The number of rotatable bonds is 24. The number of Topliss-reactive ketones (excluding diaryl/α,β-unsaturated/α-hetero) is 3. The number of ketones is 3. The van der Waals surface area contributed by atoms with Crippen LogP contribution in [0.3, 0.4) is 0 Å². The largest absolute Gasteiger partial charge is 1.00 e. The topological polar surface area (TPSA) is 309 Å². The molecule has 442 valence electrons. The first kappa shape index (κ1) is 71.3. The van der Waals surface area contributed by atoms with E-state index in [1.807, 2.05) is 61.5 Å². The zero-order chi connectivity index (χ0) is 59.2. The van der Waals surface area contributed by atoms with E-state index in [0.29, 0.717) is 92.6 Å². The molecule has 1 saturated heterocycles. The van der Waals surface area contributed by atoms with Gasteiger partial charge in [-0.1, -0.05) is 24.7 Å². The number of unbranched alkanes of at least 4 members (excludes halogenated alkanes) is 5. The molecule has 0 bridgehead atoms. The Morgan fingerprint density at radius 2 is 0.866 bits per heavy atom. The number of carbonyl (C=O) groups is 6. The van der Waals surface area contributed by atoms with Crippen molar-refractivity contribution in [1.29, 1.82) is 0 Å². The van der Waals surface area contributed by atoms with Crippen molar-refractivity contribution in [3.05, 3.63) is 103 Å². The first-order valence-corrected chi connectivity index (χ1v) is 27.7. The smallest absolute Gasteiger partial charge is 0.870 e. The maximum Gasteiger partial charge on any atom is 1.00 e. The normalized spacial score (nSPS) is 11.4. The molecule has 6 aromatic rings. The molecule has 6 aromatic heterocycles. The average Bonchev–Trinajstić information content (AvgIpc) is 4.36. The summed E-state index contributed by atoms with van der Waals surface area (Å²) in [6.07, 6.45) is 10.5. The van der Waals surface area contributed by atoms with E-state index in [4.69, 9.17) is 9.84 Å². The van der Waals surface area contributed by atoms with Crippen molar-refractivity contribution in [1.82, 2.24) is 58.7 Å². The van der Waals surface area contributed by atoms with Crippen LogP contribution in [0.5, 0.6) is 0 Å². The number of hydrogen-bond acceptors (Lipinski definition) is 14. The number of carboxylic acid groups (broad SMARTS) is 3. The fourth-order valence-electron chi connectivity index (χ4n) is 9.44. The number of aromatic carboxylic acids is 3. The Labute approximate surface area is 502 Å². The Morgan fingerprint density at radius 1 is 0.488 bits per heavy atom. The number of nitrogens with zero attached hydrogens (tertiary/aromatic N) is 12. The number of aryl methyl sites for hydroxylation is 12. The van der Waals surface area contributed by atoms with Crippen LogP contribution in [0, 0.1) is 53.4 Å². The van der Waals surface area contributed by atoms with Crippen molar-refractivity contribution in [2.45, 2.75) is 199 Å². The monoisotopic (exact) mass is 1150 g/mol. The van der Waals surface area contributed by atoms with E-state index in [1.165, 1.54) is 29.1 Å². The summed E-state index contributed by atoms with van der Waals surface area (Å²) in [7, 11) is 0. The molecule has 4 N–H and O–H groups in total. The zero-order valence-corrected chi connectivity index (χ0v) is 52.4. The molecular weight excluding hydrogens is 1060 g/mol. The summed E-state index contributed by atoms with van der Waals surface area (Å²) in [4.78, 5) is 69.2. The first-order valence-electron chi connectivity index (χ1n) is 27.7. The van der Waals surface area contributed by atoms with Crippen LogP contribution >= 0.6 is 0 Å². The van der Waals surface area contributed by atoms with Gasteiger partial charge in [0, 0.05) is 90.8 Å². The molecule has 82 heavy (non-hydrogen) atoms. The number of ether oxygens (including phenoxy) is 1. The molecule has 0 atom stereocenters. The van der Waals surface area contributed by atoms with Gasteiger partial charge in [-0.3, -0.25) is 42.5 Å². The maximum absolute atomic E-state index is 11.9. The number of aromatic nitrogens is 12. The summed E-state index contributed by atoms with van der Waals surface area (Å²) in [5.74, 6) is 3.38. The molecule has 0 amide bonds. The van der Waals surface area contributed by atoms with Crippen molar-refractivity contribution >= 4 is 35.3 Å². The van der Waals surface area contributed by atoms with Gasteiger partial charge in [0.15, 0.2) is 17.3 Å². The minimum absolute atomic E-state index is 0. The summed E-state index contributed by atoms with van der Waals surface area (Å²) in [5, 5.41) is 53.8. The van der Waals surface area contributed by atoms with E-state index in [-0.39, 0.29) is 63.8 Å². The summed E-state index contributed by atoms with van der Waals surface area (Å²) >= 11 is 0. The Kier molecular flexibility index (Phi) is 30.6. The van der Waals surface area contributed by atoms with E-state index in [9.17, 15) is 39.0 Å². The number of hydrogen-bond donors (Lipinski definition) is 3. The second kappa shape index (κ2) is 35.2. The fraction of sp³-hybridized carbons (Fsp3) is 0.552. The summed E-state index contributed by atoms with van der Waals surface area (Å²) in [5.41, 5.74) is 9.66. The first-order chi connectivity index (χ1) is 38.0. The molecule has 0 unspecified atom stereocenters. The van der Waals surface area contributed by atoms with Crippen molar-refractivity contribution in [2.24, 2.45) is 0 Å². The van der Waals surface area contributed by atoms with Crippen LogP contribution in [0.25, 0.3) is 0 Å². The Bertz CT molecular complexity index is 3020. The second-order valence-electron chi connectivity index (χ2n) is 19.7. The molecule has 0 spiro atoms. The second-order valence-corrected chi connectivity index (χ2v) is 19.7. The summed E-state index contributed by atoms with van der Waals surface area (Å²) < 4.78 is 14.7. The maximum atomic E-state index is 11.9. The van der Waals surface area contributed by atoms with E-state index < -0.39 is 17.9 Å². The fourth-order valence-corrected chi connectivity index (χ4v) is 9.44. The summed E-state index contributed by atoms with van der Waals surface area (Å²) in [6, 6.07) is 5.17. The van der Waals surface area contributed by atoms with E-state index in [2.05, 4.69) is 42.4 Å². The van der Waals surface area contributed by atoms with E-state index in [0.717, 1.165) is 97.8 Å². The van der Waals surface area contributed by atoms with E-state index in [1.54, 1.807) is 51.6 Å². The third-order valence-corrected chi connectivity index (χ3v) is 13.2. The Hall–Kier alpha value is -6.84. The van der Waals surface area contributed by atoms with Crippen molar-refractivity contribution in [3.8, 4) is 11.8 Å². The van der Waals surface area contributed by atoms with Gasteiger partial charge in [-0.2, -0.15) is 30.6 Å². The number of carboxylic acids is 3. The SMILES string of the molecule is C1CCOC1.CCn1nc(C)c(C#CCCCn2nc(C)cc2C(C)=O)c1C(C)=O.CCn1nc(C)c(CCCCCn2nc(C)cc2C(=O)O)c1C(=O)O.CCn1nc(C)c(CCCCCn2nc(C)cc2C(C)=O)c1C(=O)O.[Na+].[OH-]. The van der Waals surface area contributed by atoms with Gasteiger partial charge in [0.2, 0.25) is 0 Å².